The number of nitrogens with one attached hydrogen (secondary N) is 1. The third-order valence-electron chi connectivity index (χ3n) is 4.54. The molecule has 0 fully saturated rings. The van der Waals surface area contributed by atoms with Gasteiger partial charge in [0.25, 0.3) is 5.89 Å². The van der Waals surface area contributed by atoms with Crippen LogP contribution < -0.4 is 5.32 Å². The number of nitrogens with zero attached hydrogens (tertiary/aromatic N) is 2. The monoisotopic (exact) mass is 319 g/mol. The summed E-state index contributed by atoms with van der Waals surface area (Å²) in [4.78, 5) is 4.57. The van der Waals surface area contributed by atoms with Crippen LogP contribution in [0.3, 0.4) is 0 Å². The maximum absolute atomic E-state index is 5.48. The predicted molar refractivity (Wildman–Crippen MR) is 93.9 cm³/mol. The highest BCUT2D eigenvalue weighted by Gasteiger charge is 2.13. The Labute approximate surface area is 141 Å². The molecule has 3 aromatic rings. The molecule has 0 saturated heterocycles. The first-order valence-corrected chi connectivity index (χ1v) is 8.58. The van der Waals surface area contributed by atoms with Crippen LogP contribution in [-0.4, -0.2) is 23.2 Å². The van der Waals surface area contributed by atoms with E-state index in [9.17, 15) is 0 Å². The molecule has 4 nitrogen and oxygen atoms in total. The molecule has 1 N–H and O–H groups in total. The third-order valence-corrected chi connectivity index (χ3v) is 4.54. The summed E-state index contributed by atoms with van der Waals surface area (Å²) in [7, 11) is 0. The molecule has 4 heteroatoms. The van der Waals surface area contributed by atoms with Gasteiger partial charge in [0, 0.05) is 12.0 Å². The fraction of sp³-hybridized carbons (Fsp3) is 0.300. The van der Waals surface area contributed by atoms with Crippen molar-refractivity contribution in [2.75, 3.05) is 13.1 Å². The minimum Gasteiger partial charge on any atom is -0.334 e. The van der Waals surface area contributed by atoms with Crippen LogP contribution in [0.4, 0.5) is 0 Å². The van der Waals surface area contributed by atoms with E-state index in [1.807, 2.05) is 6.07 Å². The van der Waals surface area contributed by atoms with E-state index in [1.54, 1.807) is 0 Å². The van der Waals surface area contributed by atoms with Crippen molar-refractivity contribution in [2.45, 2.75) is 25.7 Å². The maximum Gasteiger partial charge on any atom is 0.257 e. The van der Waals surface area contributed by atoms with Gasteiger partial charge >= 0.3 is 0 Å². The van der Waals surface area contributed by atoms with Crippen molar-refractivity contribution >= 4 is 0 Å². The second kappa shape index (κ2) is 6.97. The van der Waals surface area contributed by atoms with E-state index in [0.717, 1.165) is 50.2 Å². The molecule has 2 aromatic carbocycles. The summed E-state index contributed by atoms with van der Waals surface area (Å²) >= 11 is 0. The highest BCUT2D eigenvalue weighted by atomic mass is 16.5. The smallest absolute Gasteiger partial charge is 0.257 e. The lowest BCUT2D eigenvalue weighted by atomic mass is 10.00. The molecule has 0 spiro atoms. The van der Waals surface area contributed by atoms with Gasteiger partial charge in [0.05, 0.1) is 0 Å². The van der Waals surface area contributed by atoms with Gasteiger partial charge in [0.15, 0.2) is 5.82 Å². The zero-order chi connectivity index (χ0) is 16.2. The lowest BCUT2D eigenvalue weighted by Crippen LogP contribution is -2.16. The molecule has 0 aliphatic carbocycles. The molecule has 1 aliphatic rings. The third kappa shape index (κ3) is 3.39. The van der Waals surface area contributed by atoms with E-state index >= 15 is 0 Å². The number of rotatable bonds is 4. The molecule has 1 aromatic heterocycles. The molecule has 0 amide bonds. The van der Waals surface area contributed by atoms with Crippen molar-refractivity contribution in [3.8, 4) is 11.5 Å². The van der Waals surface area contributed by atoms with Crippen LogP contribution in [0.25, 0.3) is 11.5 Å². The molecular weight excluding hydrogens is 298 g/mol. The quantitative estimate of drug-likeness (QED) is 0.802. The van der Waals surface area contributed by atoms with Gasteiger partial charge < -0.3 is 9.84 Å². The number of aromatic nitrogens is 2. The summed E-state index contributed by atoms with van der Waals surface area (Å²) in [5, 5.41) is 7.58. The first-order chi connectivity index (χ1) is 11.9. The molecule has 0 bridgehead atoms. The van der Waals surface area contributed by atoms with Crippen LogP contribution in [0.2, 0.25) is 0 Å². The van der Waals surface area contributed by atoms with Gasteiger partial charge in [-0.2, -0.15) is 4.98 Å². The Hall–Kier alpha value is -2.46. The standard InChI is InChI=1S/C20H21N3O/c1-2-4-15(5-3-1)6-9-19-22-20(24-23-19)18-8-7-16-10-12-21-13-11-17(16)14-18/h1-5,7-8,14,21H,6,9-13H2. The SMILES string of the molecule is c1ccc(CCc2noc(-c3ccc4c(c3)CCNCC4)n2)cc1. The summed E-state index contributed by atoms with van der Waals surface area (Å²) in [6, 6.07) is 16.9. The van der Waals surface area contributed by atoms with Crippen LogP contribution in [0.15, 0.2) is 53.1 Å². The minimum absolute atomic E-state index is 0.623. The Morgan fingerprint density at radius 1 is 0.917 bits per heavy atom. The van der Waals surface area contributed by atoms with Crippen LogP contribution in [0.5, 0.6) is 0 Å². The molecule has 0 saturated carbocycles. The maximum atomic E-state index is 5.48. The Kier molecular flexibility index (Phi) is 4.38. The molecule has 4 rings (SSSR count). The molecule has 122 valence electrons. The zero-order valence-electron chi connectivity index (χ0n) is 13.7. The normalized spacial score (nSPS) is 14.2. The molecule has 1 aliphatic heterocycles. The summed E-state index contributed by atoms with van der Waals surface area (Å²) in [6.07, 6.45) is 3.86. The van der Waals surface area contributed by atoms with Crippen molar-refractivity contribution in [2.24, 2.45) is 0 Å². The van der Waals surface area contributed by atoms with Crippen LogP contribution in [0, 0.1) is 0 Å². The Morgan fingerprint density at radius 2 is 1.75 bits per heavy atom. The highest BCUT2D eigenvalue weighted by Crippen LogP contribution is 2.23. The molecular formula is C20H21N3O. The first-order valence-electron chi connectivity index (χ1n) is 8.58. The van der Waals surface area contributed by atoms with Crippen LogP contribution >= 0.6 is 0 Å². The van der Waals surface area contributed by atoms with Crippen molar-refractivity contribution in [1.29, 1.82) is 0 Å². The van der Waals surface area contributed by atoms with E-state index in [-0.39, 0.29) is 0 Å². The number of fused-ring (bicyclic) bond motifs is 1. The van der Waals surface area contributed by atoms with Gasteiger partial charge in [-0.1, -0.05) is 41.6 Å². The van der Waals surface area contributed by atoms with Crippen LogP contribution in [0.1, 0.15) is 22.5 Å². The summed E-state index contributed by atoms with van der Waals surface area (Å²) < 4.78 is 5.48. The molecule has 24 heavy (non-hydrogen) atoms. The van der Waals surface area contributed by atoms with Gasteiger partial charge in [-0.25, -0.2) is 0 Å². The highest BCUT2D eigenvalue weighted by molar-refractivity contribution is 5.56. The lowest BCUT2D eigenvalue weighted by Gasteiger charge is -2.05. The van der Waals surface area contributed by atoms with Crippen molar-refractivity contribution < 1.29 is 4.52 Å². The average Bonchev–Trinajstić information content (AvgIpc) is 2.98. The fourth-order valence-electron chi connectivity index (χ4n) is 3.18. The van der Waals surface area contributed by atoms with E-state index in [2.05, 4.69) is 57.9 Å². The summed E-state index contributed by atoms with van der Waals surface area (Å²) in [6.45, 7) is 2.08. The minimum atomic E-state index is 0.623. The largest absolute Gasteiger partial charge is 0.334 e. The van der Waals surface area contributed by atoms with E-state index < -0.39 is 0 Å². The first kappa shape index (κ1) is 15.1. The van der Waals surface area contributed by atoms with Gasteiger partial charge in [-0.3, -0.25) is 0 Å². The molecule has 0 atom stereocenters. The van der Waals surface area contributed by atoms with E-state index in [0.29, 0.717) is 5.89 Å². The van der Waals surface area contributed by atoms with E-state index in [1.165, 1.54) is 16.7 Å². The Bertz CT molecular complexity index is 811. The van der Waals surface area contributed by atoms with Gasteiger partial charge in [-0.15, -0.1) is 0 Å². The Balaban J connectivity index is 1.49. The second-order valence-corrected chi connectivity index (χ2v) is 6.23. The van der Waals surface area contributed by atoms with Crippen molar-refractivity contribution in [3.05, 3.63) is 71.0 Å². The van der Waals surface area contributed by atoms with Gasteiger partial charge in [-0.05, 0) is 61.2 Å². The zero-order valence-corrected chi connectivity index (χ0v) is 13.7. The molecule has 0 unspecified atom stereocenters. The lowest BCUT2D eigenvalue weighted by molar-refractivity contribution is 0.422. The van der Waals surface area contributed by atoms with E-state index in [4.69, 9.17) is 4.52 Å². The second-order valence-electron chi connectivity index (χ2n) is 6.23. The Morgan fingerprint density at radius 3 is 2.62 bits per heavy atom. The number of hydrogen-bond donors (Lipinski definition) is 1. The molecule has 0 radical (unpaired) electrons. The van der Waals surface area contributed by atoms with Crippen molar-refractivity contribution in [1.82, 2.24) is 15.5 Å². The topological polar surface area (TPSA) is 51.0 Å². The van der Waals surface area contributed by atoms with Gasteiger partial charge in [0.2, 0.25) is 0 Å². The number of aryl methyl sites for hydroxylation is 2. The fourth-order valence-corrected chi connectivity index (χ4v) is 3.18. The number of benzene rings is 2. The van der Waals surface area contributed by atoms with Gasteiger partial charge in [0.1, 0.15) is 0 Å². The summed E-state index contributed by atoms with van der Waals surface area (Å²) in [5.74, 6) is 1.39. The predicted octanol–water partition coefficient (Wildman–Crippen LogP) is 3.21. The number of hydrogen-bond acceptors (Lipinski definition) is 4. The molecule has 2 heterocycles. The average molecular weight is 319 g/mol. The van der Waals surface area contributed by atoms with Crippen LogP contribution in [-0.2, 0) is 25.7 Å². The van der Waals surface area contributed by atoms with Crippen molar-refractivity contribution in [3.63, 3.8) is 0 Å². The summed E-state index contributed by atoms with van der Waals surface area (Å²) in [5.41, 5.74) is 5.13.